The van der Waals surface area contributed by atoms with Crippen molar-refractivity contribution in [2.45, 2.75) is 44.8 Å². The van der Waals surface area contributed by atoms with Crippen molar-refractivity contribution in [3.05, 3.63) is 65.0 Å². The summed E-state index contributed by atoms with van der Waals surface area (Å²) in [4.78, 5) is 50.3. The highest BCUT2D eigenvalue weighted by molar-refractivity contribution is 6.05. The smallest absolute Gasteiger partial charge is 0.319 e. The van der Waals surface area contributed by atoms with Crippen LogP contribution in [0.1, 0.15) is 48.2 Å². The fraction of sp³-hybridized carbons (Fsp3) is 0.304. The van der Waals surface area contributed by atoms with E-state index in [1.807, 2.05) is 0 Å². The summed E-state index contributed by atoms with van der Waals surface area (Å²) in [7, 11) is 0. The van der Waals surface area contributed by atoms with Crippen LogP contribution in [0.15, 0.2) is 42.5 Å². The second kappa shape index (κ2) is 8.07. The molecule has 0 radical (unpaired) electrons. The molecule has 2 aliphatic heterocycles. The van der Waals surface area contributed by atoms with Gasteiger partial charge in [0.05, 0.1) is 5.54 Å². The van der Waals surface area contributed by atoms with E-state index in [0.29, 0.717) is 22.4 Å². The Morgan fingerprint density at radius 3 is 2.66 bits per heavy atom. The van der Waals surface area contributed by atoms with Gasteiger partial charge in [0.25, 0.3) is 5.91 Å². The van der Waals surface area contributed by atoms with Gasteiger partial charge in [-0.1, -0.05) is 12.1 Å². The standard InChI is InChI=1S/C23H23FN4O4/c1-23(2,14-4-3-5-15(24)11-14)27-22(32)25-16-6-7-17-13(10-16)12-28(21(17)31)18-8-9-19(29)26-20(18)30/h3-7,10-11,18H,8-9,12H2,1-2H3,(H2,25,27,32)(H,26,29,30). The number of fused-ring (bicyclic) bond motifs is 1. The van der Waals surface area contributed by atoms with Crippen molar-refractivity contribution in [2.24, 2.45) is 0 Å². The molecule has 2 aromatic rings. The number of halogens is 1. The van der Waals surface area contributed by atoms with Crippen molar-refractivity contribution in [3.63, 3.8) is 0 Å². The number of carbonyl (C=O) groups is 4. The molecule has 0 bridgehead atoms. The highest BCUT2D eigenvalue weighted by Crippen LogP contribution is 2.29. The first-order valence-electron chi connectivity index (χ1n) is 10.3. The quantitative estimate of drug-likeness (QED) is 0.638. The van der Waals surface area contributed by atoms with Crippen molar-refractivity contribution in [2.75, 3.05) is 5.32 Å². The fourth-order valence-electron chi connectivity index (χ4n) is 4.05. The van der Waals surface area contributed by atoms with Gasteiger partial charge in [-0.3, -0.25) is 19.7 Å². The summed E-state index contributed by atoms with van der Waals surface area (Å²) >= 11 is 0. The molecule has 1 fully saturated rings. The van der Waals surface area contributed by atoms with E-state index in [1.54, 1.807) is 44.2 Å². The highest BCUT2D eigenvalue weighted by Gasteiger charge is 2.39. The maximum atomic E-state index is 13.5. The summed E-state index contributed by atoms with van der Waals surface area (Å²) in [5, 5.41) is 7.82. The normalized spacial score (nSPS) is 18.3. The van der Waals surface area contributed by atoms with Gasteiger partial charge in [0, 0.05) is 24.2 Å². The van der Waals surface area contributed by atoms with Gasteiger partial charge in [-0.05, 0) is 61.7 Å². The van der Waals surface area contributed by atoms with Crippen LogP contribution >= 0.6 is 0 Å². The lowest BCUT2D eigenvalue weighted by Crippen LogP contribution is -2.52. The molecule has 1 saturated heterocycles. The maximum Gasteiger partial charge on any atom is 0.319 e. The minimum atomic E-state index is -0.818. The zero-order chi connectivity index (χ0) is 23.0. The molecule has 8 nitrogen and oxygen atoms in total. The predicted octanol–water partition coefficient (Wildman–Crippen LogP) is 2.64. The Bertz CT molecular complexity index is 1130. The van der Waals surface area contributed by atoms with Gasteiger partial charge in [-0.15, -0.1) is 0 Å². The molecule has 0 aromatic heterocycles. The van der Waals surface area contributed by atoms with Crippen LogP contribution in [-0.2, 0) is 21.7 Å². The molecule has 9 heteroatoms. The Hall–Kier alpha value is -3.75. The molecule has 5 amide bonds. The Morgan fingerprint density at radius 1 is 1.16 bits per heavy atom. The summed E-state index contributed by atoms with van der Waals surface area (Å²) in [6.45, 7) is 3.74. The number of rotatable bonds is 4. The summed E-state index contributed by atoms with van der Waals surface area (Å²) in [6, 6.07) is 9.74. The van der Waals surface area contributed by atoms with Gasteiger partial charge in [0.15, 0.2) is 0 Å². The molecular weight excluding hydrogens is 415 g/mol. The van der Waals surface area contributed by atoms with E-state index in [9.17, 15) is 23.6 Å². The van der Waals surface area contributed by atoms with Gasteiger partial charge in [-0.25, -0.2) is 9.18 Å². The van der Waals surface area contributed by atoms with Crippen LogP contribution < -0.4 is 16.0 Å². The number of imide groups is 1. The van der Waals surface area contributed by atoms with Crippen molar-refractivity contribution in [3.8, 4) is 0 Å². The molecule has 166 valence electrons. The number of anilines is 1. The van der Waals surface area contributed by atoms with Crippen LogP contribution in [0.3, 0.4) is 0 Å². The molecule has 0 spiro atoms. The predicted molar refractivity (Wildman–Crippen MR) is 114 cm³/mol. The van der Waals surface area contributed by atoms with Gasteiger partial charge < -0.3 is 15.5 Å². The average molecular weight is 438 g/mol. The number of benzene rings is 2. The van der Waals surface area contributed by atoms with E-state index in [4.69, 9.17) is 0 Å². The number of nitrogens with one attached hydrogen (secondary N) is 3. The SMILES string of the molecule is CC(C)(NC(=O)Nc1ccc2c(c1)CN(C1CCC(=O)NC1=O)C2=O)c1cccc(F)c1. The monoisotopic (exact) mass is 438 g/mol. The zero-order valence-electron chi connectivity index (χ0n) is 17.7. The molecule has 4 rings (SSSR count). The van der Waals surface area contributed by atoms with Crippen LogP contribution in [0, 0.1) is 5.82 Å². The van der Waals surface area contributed by atoms with Gasteiger partial charge in [0.1, 0.15) is 11.9 Å². The molecule has 1 atom stereocenters. The summed E-state index contributed by atoms with van der Waals surface area (Å²) in [6.07, 6.45) is 0.470. The summed E-state index contributed by atoms with van der Waals surface area (Å²) in [5.41, 5.74) is 1.42. The number of nitrogens with zero attached hydrogens (tertiary/aromatic N) is 1. The Labute approximate surface area is 184 Å². The number of hydrogen-bond donors (Lipinski definition) is 3. The van der Waals surface area contributed by atoms with Gasteiger partial charge in [-0.2, -0.15) is 0 Å². The van der Waals surface area contributed by atoms with Crippen molar-refractivity contribution < 1.29 is 23.6 Å². The first kappa shape index (κ1) is 21.5. The van der Waals surface area contributed by atoms with Crippen LogP contribution in [0.4, 0.5) is 14.9 Å². The third-order valence-corrected chi connectivity index (χ3v) is 5.75. The van der Waals surface area contributed by atoms with E-state index in [1.165, 1.54) is 17.0 Å². The third kappa shape index (κ3) is 4.18. The molecule has 3 N–H and O–H groups in total. The van der Waals surface area contributed by atoms with Crippen LogP contribution in [0.25, 0.3) is 0 Å². The van der Waals surface area contributed by atoms with E-state index in [-0.39, 0.29) is 37.0 Å². The summed E-state index contributed by atoms with van der Waals surface area (Å²) < 4.78 is 13.5. The van der Waals surface area contributed by atoms with Crippen molar-refractivity contribution >= 4 is 29.4 Å². The second-order valence-electron chi connectivity index (χ2n) is 8.49. The van der Waals surface area contributed by atoms with Crippen LogP contribution in [0.2, 0.25) is 0 Å². The fourth-order valence-corrected chi connectivity index (χ4v) is 4.05. The number of carbonyl (C=O) groups excluding carboxylic acids is 4. The average Bonchev–Trinajstić information content (AvgIpc) is 3.03. The number of amides is 5. The topological polar surface area (TPSA) is 108 Å². The Balaban J connectivity index is 1.44. The lowest BCUT2D eigenvalue weighted by atomic mass is 9.94. The summed E-state index contributed by atoms with van der Waals surface area (Å²) in [5.74, 6) is -1.48. The highest BCUT2D eigenvalue weighted by atomic mass is 19.1. The maximum absolute atomic E-state index is 13.5. The van der Waals surface area contributed by atoms with E-state index in [0.717, 1.165) is 0 Å². The number of piperidine rings is 1. The first-order valence-corrected chi connectivity index (χ1v) is 10.3. The largest absolute Gasteiger partial charge is 0.329 e. The molecule has 0 saturated carbocycles. The van der Waals surface area contributed by atoms with Crippen LogP contribution in [0.5, 0.6) is 0 Å². The molecule has 2 aliphatic rings. The number of hydrogen-bond acceptors (Lipinski definition) is 4. The molecule has 0 aliphatic carbocycles. The van der Waals surface area contributed by atoms with Crippen molar-refractivity contribution in [1.82, 2.24) is 15.5 Å². The molecule has 32 heavy (non-hydrogen) atoms. The molecule has 2 aromatic carbocycles. The zero-order valence-corrected chi connectivity index (χ0v) is 17.7. The Kier molecular flexibility index (Phi) is 5.41. The molecule has 2 heterocycles. The lowest BCUT2D eigenvalue weighted by Gasteiger charge is -2.29. The third-order valence-electron chi connectivity index (χ3n) is 5.75. The number of urea groups is 1. The van der Waals surface area contributed by atoms with Gasteiger partial charge >= 0.3 is 6.03 Å². The second-order valence-corrected chi connectivity index (χ2v) is 8.49. The van der Waals surface area contributed by atoms with E-state index >= 15 is 0 Å². The lowest BCUT2D eigenvalue weighted by molar-refractivity contribution is -0.136. The molecular formula is C23H23FN4O4. The van der Waals surface area contributed by atoms with E-state index in [2.05, 4.69) is 16.0 Å². The Morgan fingerprint density at radius 2 is 1.94 bits per heavy atom. The van der Waals surface area contributed by atoms with Gasteiger partial charge in [0.2, 0.25) is 11.8 Å². The van der Waals surface area contributed by atoms with Crippen LogP contribution in [-0.4, -0.2) is 34.7 Å². The minimum absolute atomic E-state index is 0.185. The first-order chi connectivity index (χ1) is 15.1. The van der Waals surface area contributed by atoms with Crippen molar-refractivity contribution in [1.29, 1.82) is 0 Å². The molecule has 1 unspecified atom stereocenters. The van der Waals surface area contributed by atoms with E-state index < -0.39 is 23.5 Å². The minimum Gasteiger partial charge on any atom is -0.329 e.